The lowest BCUT2D eigenvalue weighted by Gasteiger charge is -2.37. The number of carbonyl (C=O) groups is 2. The van der Waals surface area contributed by atoms with Gasteiger partial charge >= 0.3 is 6.03 Å². The molecule has 0 unspecified atom stereocenters. The standard InChI is InChI=1S/C22H28N4O4S/c27-21(20-5-2-12-31-20)24-17-3-1-4-18(13-17)25-22(28)23-14-19(16-6-9-30-15-16)26-7-10-29-11-8-26/h1-5,12-13,16,19H,6-11,14-15H2,(H,24,27)(H2,23,25,28)/t16-,19-/m0/s1. The summed E-state index contributed by atoms with van der Waals surface area (Å²) in [4.78, 5) is 27.8. The molecular weight excluding hydrogens is 416 g/mol. The van der Waals surface area contributed by atoms with Crippen molar-refractivity contribution >= 4 is 34.6 Å². The van der Waals surface area contributed by atoms with Crippen molar-refractivity contribution in [1.82, 2.24) is 10.2 Å². The zero-order valence-electron chi connectivity index (χ0n) is 17.3. The number of benzene rings is 1. The molecule has 3 heterocycles. The van der Waals surface area contributed by atoms with Crippen molar-refractivity contribution in [2.24, 2.45) is 5.92 Å². The van der Waals surface area contributed by atoms with Crippen LogP contribution in [0.3, 0.4) is 0 Å². The number of amides is 3. The third-order valence-corrected chi connectivity index (χ3v) is 6.49. The van der Waals surface area contributed by atoms with Gasteiger partial charge < -0.3 is 25.4 Å². The second kappa shape index (κ2) is 10.7. The molecule has 8 nitrogen and oxygen atoms in total. The van der Waals surface area contributed by atoms with E-state index in [0.29, 0.717) is 28.7 Å². The summed E-state index contributed by atoms with van der Waals surface area (Å²) in [7, 11) is 0. The van der Waals surface area contributed by atoms with Gasteiger partial charge in [0.1, 0.15) is 0 Å². The van der Waals surface area contributed by atoms with Gasteiger partial charge in [-0.1, -0.05) is 12.1 Å². The van der Waals surface area contributed by atoms with Crippen molar-refractivity contribution in [3.05, 3.63) is 46.7 Å². The monoisotopic (exact) mass is 444 g/mol. The topological polar surface area (TPSA) is 91.9 Å². The molecule has 166 valence electrons. The van der Waals surface area contributed by atoms with Gasteiger partial charge in [-0.3, -0.25) is 9.69 Å². The molecule has 0 aliphatic carbocycles. The number of urea groups is 1. The predicted octanol–water partition coefficient (Wildman–Crippen LogP) is 2.86. The van der Waals surface area contributed by atoms with Crippen LogP contribution in [0.1, 0.15) is 16.1 Å². The van der Waals surface area contributed by atoms with Crippen molar-refractivity contribution < 1.29 is 19.1 Å². The maximum atomic E-state index is 12.6. The first-order valence-electron chi connectivity index (χ1n) is 10.6. The molecule has 31 heavy (non-hydrogen) atoms. The number of morpholine rings is 1. The molecule has 4 rings (SSSR count). The van der Waals surface area contributed by atoms with Gasteiger partial charge in [0.05, 0.1) is 24.7 Å². The van der Waals surface area contributed by atoms with Gasteiger partial charge in [-0.2, -0.15) is 0 Å². The first-order chi connectivity index (χ1) is 15.2. The number of anilines is 2. The molecule has 3 amide bonds. The van der Waals surface area contributed by atoms with Gasteiger partial charge in [0.25, 0.3) is 5.91 Å². The molecule has 2 aliphatic heterocycles. The van der Waals surface area contributed by atoms with Gasteiger partial charge in [0, 0.05) is 49.6 Å². The lowest BCUT2D eigenvalue weighted by atomic mass is 9.97. The van der Waals surface area contributed by atoms with Crippen molar-refractivity contribution in [3.8, 4) is 0 Å². The quantitative estimate of drug-likeness (QED) is 0.611. The van der Waals surface area contributed by atoms with Crippen LogP contribution >= 0.6 is 11.3 Å². The molecule has 3 N–H and O–H groups in total. The number of hydrogen-bond acceptors (Lipinski definition) is 6. The van der Waals surface area contributed by atoms with Crippen LogP contribution in [-0.2, 0) is 9.47 Å². The minimum absolute atomic E-state index is 0.163. The second-order valence-electron chi connectivity index (χ2n) is 7.69. The highest BCUT2D eigenvalue weighted by Crippen LogP contribution is 2.22. The van der Waals surface area contributed by atoms with Gasteiger partial charge in [0.2, 0.25) is 0 Å². The molecule has 9 heteroatoms. The fourth-order valence-electron chi connectivity index (χ4n) is 4.01. The Labute approximate surface area is 185 Å². The number of rotatable bonds is 7. The average Bonchev–Trinajstić information content (AvgIpc) is 3.50. The van der Waals surface area contributed by atoms with E-state index < -0.39 is 0 Å². The molecule has 1 aromatic carbocycles. The molecular formula is C22H28N4O4S. The number of hydrogen-bond donors (Lipinski definition) is 3. The maximum Gasteiger partial charge on any atom is 0.319 e. The highest BCUT2D eigenvalue weighted by molar-refractivity contribution is 7.12. The smallest absolute Gasteiger partial charge is 0.319 e. The molecule has 0 saturated carbocycles. The summed E-state index contributed by atoms with van der Waals surface area (Å²) >= 11 is 1.38. The highest BCUT2D eigenvalue weighted by atomic mass is 32.1. The van der Waals surface area contributed by atoms with E-state index in [0.717, 1.165) is 45.9 Å². The van der Waals surface area contributed by atoms with Crippen LogP contribution in [-0.4, -0.2) is 68.9 Å². The van der Waals surface area contributed by atoms with E-state index in [-0.39, 0.29) is 18.0 Å². The zero-order valence-corrected chi connectivity index (χ0v) is 18.2. The van der Waals surface area contributed by atoms with Crippen LogP contribution in [0.5, 0.6) is 0 Å². The molecule has 2 saturated heterocycles. The van der Waals surface area contributed by atoms with E-state index in [9.17, 15) is 9.59 Å². The van der Waals surface area contributed by atoms with E-state index in [1.807, 2.05) is 11.4 Å². The largest absolute Gasteiger partial charge is 0.381 e. The van der Waals surface area contributed by atoms with Crippen LogP contribution in [0.25, 0.3) is 0 Å². The SMILES string of the molecule is O=C(NC[C@@H]([C@H]1CCOC1)N1CCOCC1)Nc1cccc(NC(=O)c2cccs2)c1. The summed E-state index contributed by atoms with van der Waals surface area (Å²) < 4.78 is 11.1. The van der Waals surface area contributed by atoms with Crippen molar-refractivity contribution in [2.75, 3.05) is 56.7 Å². The second-order valence-corrected chi connectivity index (χ2v) is 8.63. The molecule has 0 radical (unpaired) electrons. The number of carbonyl (C=O) groups excluding carboxylic acids is 2. The predicted molar refractivity (Wildman–Crippen MR) is 121 cm³/mol. The Kier molecular flexibility index (Phi) is 7.52. The first-order valence-corrected chi connectivity index (χ1v) is 11.5. The normalized spacial score (nSPS) is 20.2. The third-order valence-electron chi connectivity index (χ3n) is 5.62. The lowest BCUT2D eigenvalue weighted by molar-refractivity contribution is 0.00222. The van der Waals surface area contributed by atoms with Gasteiger partial charge in [-0.25, -0.2) is 4.79 Å². The van der Waals surface area contributed by atoms with Crippen LogP contribution in [0.4, 0.5) is 16.2 Å². The molecule has 2 aliphatic rings. The number of nitrogens with zero attached hydrogens (tertiary/aromatic N) is 1. The minimum atomic E-state index is -0.265. The Morgan fingerprint density at radius 3 is 2.58 bits per heavy atom. The Morgan fingerprint density at radius 1 is 1.06 bits per heavy atom. The van der Waals surface area contributed by atoms with Crippen LogP contribution in [0, 0.1) is 5.92 Å². The van der Waals surface area contributed by atoms with E-state index in [1.54, 1.807) is 30.3 Å². The summed E-state index contributed by atoms with van der Waals surface area (Å²) in [6, 6.07) is 10.7. The van der Waals surface area contributed by atoms with E-state index in [2.05, 4.69) is 20.9 Å². The van der Waals surface area contributed by atoms with Gasteiger partial charge in [-0.15, -0.1) is 11.3 Å². The van der Waals surface area contributed by atoms with Crippen LogP contribution in [0.15, 0.2) is 41.8 Å². The molecule has 0 bridgehead atoms. The van der Waals surface area contributed by atoms with Gasteiger partial charge in [0.15, 0.2) is 0 Å². The Hall–Kier alpha value is -2.46. The summed E-state index contributed by atoms with van der Waals surface area (Å²) in [6.45, 7) is 5.25. The number of nitrogens with one attached hydrogen (secondary N) is 3. The van der Waals surface area contributed by atoms with E-state index in [1.165, 1.54) is 11.3 Å². The van der Waals surface area contributed by atoms with Crippen LogP contribution < -0.4 is 16.0 Å². The van der Waals surface area contributed by atoms with E-state index in [4.69, 9.17) is 9.47 Å². The van der Waals surface area contributed by atoms with Crippen molar-refractivity contribution in [2.45, 2.75) is 12.5 Å². The Morgan fingerprint density at radius 2 is 1.87 bits per heavy atom. The molecule has 2 fully saturated rings. The summed E-state index contributed by atoms with van der Waals surface area (Å²) in [5.41, 5.74) is 1.25. The molecule has 1 aromatic heterocycles. The number of ether oxygens (including phenoxy) is 2. The minimum Gasteiger partial charge on any atom is -0.381 e. The zero-order chi connectivity index (χ0) is 21.5. The Balaban J connectivity index is 1.31. The maximum absolute atomic E-state index is 12.6. The highest BCUT2D eigenvalue weighted by Gasteiger charge is 2.31. The Bertz CT molecular complexity index is 864. The first kappa shape index (κ1) is 21.8. The summed E-state index contributed by atoms with van der Waals surface area (Å²) in [6.07, 6.45) is 1.01. The van der Waals surface area contributed by atoms with Crippen molar-refractivity contribution in [3.63, 3.8) is 0 Å². The summed E-state index contributed by atoms with van der Waals surface area (Å²) in [5.74, 6) is 0.248. The fraction of sp³-hybridized carbons (Fsp3) is 0.455. The van der Waals surface area contributed by atoms with E-state index >= 15 is 0 Å². The average molecular weight is 445 g/mol. The number of thiophene rings is 1. The summed E-state index contributed by atoms with van der Waals surface area (Å²) in [5, 5.41) is 10.6. The lowest BCUT2D eigenvalue weighted by Crippen LogP contribution is -2.52. The fourth-order valence-corrected chi connectivity index (χ4v) is 4.63. The molecule has 2 atom stereocenters. The van der Waals surface area contributed by atoms with Crippen molar-refractivity contribution in [1.29, 1.82) is 0 Å². The van der Waals surface area contributed by atoms with Gasteiger partial charge in [-0.05, 0) is 36.1 Å². The third kappa shape index (κ3) is 6.04. The molecule has 2 aromatic rings. The van der Waals surface area contributed by atoms with Crippen LogP contribution in [0.2, 0.25) is 0 Å². The molecule has 0 spiro atoms.